The van der Waals surface area contributed by atoms with Gasteiger partial charge in [-0.25, -0.2) is 0 Å². The Morgan fingerprint density at radius 3 is 2.84 bits per heavy atom. The van der Waals surface area contributed by atoms with E-state index in [1.54, 1.807) is 24.3 Å². The lowest BCUT2D eigenvalue weighted by molar-refractivity contribution is -0.127. The smallest absolute Gasteiger partial charge is 0.256 e. The van der Waals surface area contributed by atoms with Crippen molar-refractivity contribution in [2.24, 2.45) is 0 Å². The van der Waals surface area contributed by atoms with Crippen LogP contribution in [0, 0.1) is 25.2 Å². The molecule has 2 aromatic rings. The molecule has 1 aromatic carbocycles. The van der Waals surface area contributed by atoms with Gasteiger partial charge >= 0.3 is 0 Å². The Bertz CT molecular complexity index is 1180. The van der Waals surface area contributed by atoms with Gasteiger partial charge in [0.05, 0.1) is 22.8 Å². The van der Waals surface area contributed by atoms with Crippen LogP contribution in [0.2, 0.25) is 0 Å². The Morgan fingerprint density at radius 2 is 2.12 bits per heavy atom. The molecule has 1 saturated heterocycles. The second kappa shape index (κ2) is 8.71. The van der Waals surface area contributed by atoms with Crippen molar-refractivity contribution in [1.82, 2.24) is 15.2 Å². The Balaban J connectivity index is 1.49. The van der Waals surface area contributed by atoms with Crippen molar-refractivity contribution >= 4 is 35.1 Å². The van der Waals surface area contributed by atoms with E-state index < -0.39 is 0 Å². The highest BCUT2D eigenvalue weighted by molar-refractivity contribution is 6.35. The predicted octanol–water partition coefficient (Wildman–Crippen LogP) is 2.74. The standard InChI is InChI=1S/C24H25N5O3/c1-14-20(12-18-17-11-16(13-25)6-7-19(17)28-23(18)31)27-15(2)22(14)24(32)26-8-4-10-29-9-3-5-21(29)30/h6-7,11-12,27H,3-5,8-10H2,1-2H3,(H,26,32)(H,28,31)/b18-12-. The largest absolute Gasteiger partial charge is 0.358 e. The number of nitrogens with one attached hydrogen (secondary N) is 3. The van der Waals surface area contributed by atoms with Gasteiger partial charge in [-0.15, -0.1) is 0 Å². The number of hydrogen-bond donors (Lipinski definition) is 3. The minimum Gasteiger partial charge on any atom is -0.358 e. The van der Waals surface area contributed by atoms with E-state index in [4.69, 9.17) is 0 Å². The minimum atomic E-state index is -0.246. The van der Waals surface area contributed by atoms with Crippen molar-refractivity contribution in [3.05, 3.63) is 51.8 Å². The molecule has 3 amide bonds. The van der Waals surface area contributed by atoms with E-state index in [-0.39, 0.29) is 17.7 Å². The average Bonchev–Trinajstić information content (AvgIpc) is 3.40. The first-order chi connectivity index (χ1) is 15.4. The maximum Gasteiger partial charge on any atom is 0.256 e. The maximum atomic E-state index is 12.8. The molecule has 8 nitrogen and oxygen atoms in total. The van der Waals surface area contributed by atoms with Crippen molar-refractivity contribution < 1.29 is 14.4 Å². The number of H-pyrrole nitrogens is 1. The molecule has 2 aliphatic heterocycles. The number of hydrogen-bond acceptors (Lipinski definition) is 4. The SMILES string of the molecule is Cc1[nH]c(/C=C2\C(=O)Nc3ccc(C#N)cc32)c(C)c1C(=O)NCCCN1CCCC1=O. The van der Waals surface area contributed by atoms with Crippen LogP contribution >= 0.6 is 0 Å². The van der Waals surface area contributed by atoms with E-state index >= 15 is 0 Å². The van der Waals surface area contributed by atoms with Crippen molar-refractivity contribution in [1.29, 1.82) is 5.26 Å². The van der Waals surface area contributed by atoms with Crippen LogP contribution in [-0.2, 0) is 9.59 Å². The fourth-order valence-electron chi connectivity index (χ4n) is 4.31. The molecule has 4 rings (SSSR count). The Morgan fingerprint density at radius 1 is 1.31 bits per heavy atom. The molecular formula is C24H25N5O3. The molecule has 0 bridgehead atoms. The third-order valence-electron chi connectivity index (χ3n) is 5.99. The van der Waals surface area contributed by atoms with Crippen molar-refractivity contribution in [2.75, 3.05) is 25.0 Å². The maximum absolute atomic E-state index is 12.8. The molecule has 0 saturated carbocycles. The van der Waals surface area contributed by atoms with Gasteiger partial charge in [-0.3, -0.25) is 14.4 Å². The monoisotopic (exact) mass is 431 g/mol. The zero-order valence-electron chi connectivity index (χ0n) is 18.2. The molecule has 1 fully saturated rings. The fourth-order valence-corrected chi connectivity index (χ4v) is 4.31. The van der Waals surface area contributed by atoms with E-state index in [0.717, 1.165) is 18.5 Å². The summed E-state index contributed by atoms with van der Waals surface area (Å²) in [6.07, 6.45) is 3.95. The van der Waals surface area contributed by atoms with Gasteiger partial charge in [0.2, 0.25) is 5.91 Å². The van der Waals surface area contributed by atoms with Crippen LogP contribution in [0.4, 0.5) is 5.69 Å². The van der Waals surface area contributed by atoms with E-state index in [9.17, 15) is 19.6 Å². The van der Waals surface area contributed by atoms with Crippen molar-refractivity contribution in [3.8, 4) is 6.07 Å². The number of carbonyl (C=O) groups is 3. The number of anilines is 1. The fraction of sp³-hybridized carbons (Fsp3) is 0.333. The second-order valence-corrected chi connectivity index (χ2v) is 8.14. The summed E-state index contributed by atoms with van der Waals surface area (Å²) in [7, 11) is 0. The molecule has 0 atom stereocenters. The number of carbonyl (C=O) groups excluding carboxylic acids is 3. The zero-order chi connectivity index (χ0) is 22.8. The molecule has 3 heterocycles. The van der Waals surface area contributed by atoms with E-state index in [1.165, 1.54) is 0 Å². The molecule has 32 heavy (non-hydrogen) atoms. The molecule has 3 N–H and O–H groups in total. The first kappa shape index (κ1) is 21.4. The highest BCUT2D eigenvalue weighted by atomic mass is 16.2. The van der Waals surface area contributed by atoms with Gasteiger partial charge in [0.15, 0.2) is 0 Å². The molecule has 0 unspecified atom stereocenters. The Hall–Kier alpha value is -3.86. The number of fused-ring (bicyclic) bond motifs is 1. The van der Waals surface area contributed by atoms with Crippen LogP contribution in [0.15, 0.2) is 18.2 Å². The van der Waals surface area contributed by atoms with Gasteiger partial charge in [-0.1, -0.05) is 0 Å². The highest BCUT2D eigenvalue weighted by Crippen LogP contribution is 2.34. The number of benzene rings is 1. The lowest BCUT2D eigenvalue weighted by Crippen LogP contribution is -2.31. The number of nitriles is 1. The summed E-state index contributed by atoms with van der Waals surface area (Å²) in [6.45, 7) is 5.60. The molecular weight excluding hydrogens is 406 g/mol. The zero-order valence-corrected chi connectivity index (χ0v) is 18.2. The number of aromatic amines is 1. The van der Waals surface area contributed by atoms with Crippen LogP contribution < -0.4 is 10.6 Å². The van der Waals surface area contributed by atoms with E-state index in [0.29, 0.717) is 65.3 Å². The average molecular weight is 431 g/mol. The molecule has 0 radical (unpaired) electrons. The van der Waals surface area contributed by atoms with Crippen molar-refractivity contribution in [2.45, 2.75) is 33.1 Å². The van der Waals surface area contributed by atoms with Crippen LogP contribution in [0.25, 0.3) is 11.6 Å². The number of likely N-dealkylation sites (tertiary alicyclic amines) is 1. The second-order valence-electron chi connectivity index (χ2n) is 8.14. The summed E-state index contributed by atoms with van der Waals surface area (Å²) in [4.78, 5) is 42.0. The van der Waals surface area contributed by atoms with E-state index in [2.05, 4.69) is 21.7 Å². The number of nitrogens with zero attached hydrogens (tertiary/aromatic N) is 2. The van der Waals surface area contributed by atoms with E-state index in [1.807, 2.05) is 18.7 Å². The molecule has 8 heteroatoms. The highest BCUT2D eigenvalue weighted by Gasteiger charge is 2.26. The minimum absolute atomic E-state index is 0.184. The van der Waals surface area contributed by atoms with Gasteiger partial charge in [-0.2, -0.15) is 5.26 Å². The lowest BCUT2D eigenvalue weighted by atomic mass is 10.0. The number of rotatable bonds is 6. The quantitative estimate of drug-likeness (QED) is 0.481. The Kier molecular flexibility index (Phi) is 5.82. The molecule has 2 aliphatic rings. The lowest BCUT2D eigenvalue weighted by Gasteiger charge is -2.15. The number of amides is 3. The summed E-state index contributed by atoms with van der Waals surface area (Å²) >= 11 is 0. The van der Waals surface area contributed by atoms with Gasteiger partial charge in [-0.05, 0) is 56.5 Å². The van der Waals surface area contributed by atoms with Crippen LogP contribution in [0.3, 0.4) is 0 Å². The van der Waals surface area contributed by atoms with Gasteiger partial charge in [0, 0.05) is 48.7 Å². The predicted molar refractivity (Wildman–Crippen MR) is 121 cm³/mol. The van der Waals surface area contributed by atoms with Gasteiger partial charge in [0.1, 0.15) is 0 Å². The normalized spacial score (nSPS) is 16.3. The summed E-state index contributed by atoms with van der Waals surface area (Å²) < 4.78 is 0. The molecule has 164 valence electrons. The Labute approximate surface area is 186 Å². The van der Waals surface area contributed by atoms with Gasteiger partial charge < -0.3 is 20.5 Å². The summed E-state index contributed by atoms with van der Waals surface area (Å²) in [6, 6.07) is 7.15. The third-order valence-corrected chi connectivity index (χ3v) is 5.99. The summed E-state index contributed by atoms with van der Waals surface area (Å²) in [5, 5.41) is 14.9. The first-order valence-electron chi connectivity index (χ1n) is 10.7. The molecule has 0 aliphatic carbocycles. The van der Waals surface area contributed by atoms with Crippen molar-refractivity contribution in [3.63, 3.8) is 0 Å². The summed E-state index contributed by atoms with van der Waals surface area (Å²) in [5.41, 5.74) is 4.95. The summed E-state index contributed by atoms with van der Waals surface area (Å²) in [5.74, 6) is -0.244. The number of aromatic nitrogens is 1. The number of aryl methyl sites for hydroxylation is 1. The van der Waals surface area contributed by atoms with Crippen LogP contribution in [0.1, 0.15) is 57.7 Å². The third kappa shape index (κ3) is 4.02. The first-order valence-corrected chi connectivity index (χ1v) is 10.7. The molecule has 1 aromatic heterocycles. The molecule has 0 spiro atoms. The van der Waals surface area contributed by atoms with Crippen LogP contribution in [-0.4, -0.2) is 47.2 Å². The van der Waals surface area contributed by atoms with Crippen LogP contribution in [0.5, 0.6) is 0 Å². The topological polar surface area (TPSA) is 118 Å². The van der Waals surface area contributed by atoms with Gasteiger partial charge in [0.25, 0.3) is 11.8 Å².